The van der Waals surface area contributed by atoms with Gasteiger partial charge in [0.25, 0.3) is 5.91 Å². The van der Waals surface area contributed by atoms with Crippen LogP contribution in [0.2, 0.25) is 0 Å². The topological polar surface area (TPSA) is 51.2 Å². The van der Waals surface area contributed by atoms with Crippen molar-refractivity contribution in [3.05, 3.63) is 89.7 Å². The predicted molar refractivity (Wildman–Crippen MR) is 108 cm³/mol. The maximum atomic E-state index is 12.6. The molecular formula is C23H24N2O2. The van der Waals surface area contributed by atoms with Crippen molar-refractivity contribution < 1.29 is 9.53 Å². The van der Waals surface area contributed by atoms with Crippen LogP contribution < -0.4 is 10.1 Å². The van der Waals surface area contributed by atoms with Crippen LogP contribution in [0.15, 0.2) is 73.1 Å². The summed E-state index contributed by atoms with van der Waals surface area (Å²) in [7, 11) is 0. The summed E-state index contributed by atoms with van der Waals surface area (Å²) in [4.78, 5) is 16.6. The molecule has 1 heterocycles. The van der Waals surface area contributed by atoms with Gasteiger partial charge in [-0.1, -0.05) is 37.3 Å². The number of para-hydroxylation sites is 1. The highest BCUT2D eigenvalue weighted by Crippen LogP contribution is 2.20. The minimum atomic E-state index is -0.525. The first-order chi connectivity index (χ1) is 13.2. The van der Waals surface area contributed by atoms with Crippen LogP contribution in [0.25, 0.3) is 0 Å². The summed E-state index contributed by atoms with van der Waals surface area (Å²) >= 11 is 0. The number of ether oxygens (including phenoxy) is 1. The lowest BCUT2D eigenvalue weighted by Gasteiger charge is -2.18. The van der Waals surface area contributed by atoms with Gasteiger partial charge in [0.1, 0.15) is 5.75 Å². The minimum absolute atomic E-state index is 0.136. The molecular weight excluding hydrogens is 336 g/mol. The lowest BCUT2D eigenvalue weighted by molar-refractivity contribution is -0.122. The third-order valence-corrected chi connectivity index (χ3v) is 4.41. The molecule has 0 aliphatic heterocycles. The smallest absolute Gasteiger partial charge is 0.265 e. The van der Waals surface area contributed by atoms with Crippen molar-refractivity contribution in [1.82, 2.24) is 4.98 Å². The van der Waals surface area contributed by atoms with Crippen molar-refractivity contribution in [3.63, 3.8) is 0 Å². The summed E-state index contributed by atoms with van der Waals surface area (Å²) in [6, 6.07) is 19.6. The van der Waals surface area contributed by atoms with Crippen LogP contribution in [0.3, 0.4) is 0 Å². The van der Waals surface area contributed by atoms with Gasteiger partial charge in [0.2, 0.25) is 0 Å². The number of carbonyl (C=O) groups excluding carboxylic acids is 1. The van der Waals surface area contributed by atoms with Crippen LogP contribution >= 0.6 is 0 Å². The number of hydrogen-bond donors (Lipinski definition) is 1. The van der Waals surface area contributed by atoms with E-state index >= 15 is 0 Å². The average molecular weight is 360 g/mol. The average Bonchev–Trinajstić information content (AvgIpc) is 2.69. The van der Waals surface area contributed by atoms with Gasteiger partial charge in [-0.15, -0.1) is 0 Å². The summed E-state index contributed by atoms with van der Waals surface area (Å²) in [6.45, 7) is 3.92. The largest absolute Gasteiger partial charge is 0.480 e. The Morgan fingerprint density at radius 3 is 2.33 bits per heavy atom. The SMILES string of the molecule is CC[C@@H](Oc1ccccc1C)C(=O)Nc1ccc(Cc2ccncc2)cc1. The van der Waals surface area contributed by atoms with Crippen molar-refractivity contribution in [2.75, 3.05) is 5.32 Å². The first-order valence-electron chi connectivity index (χ1n) is 9.16. The van der Waals surface area contributed by atoms with Crippen molar-refractivity contribution in [3.8, 4) is 5.75 Å². The van der Waals surface area contributed by atoms with Crippen LogP contribution in [-0.4, -0.2) is 17.0 Å². The Labute approximate surface area is 160 Å². The molecule has 0 saturated carbocycles. The second-order valence-corrected chi connectivity index (χ2v) is 6.50. The first-order valence-corrected chi connectivity index (χ1v) is 9.16. The molecule has 4 heteroatoms. The molecule has 0 aliphatic rings. The Hall–Kier alpha value is -3.14. The molecule has 3 rings (SSSR count). The standard InChI is InChI=1S/C23H24N2O2/c1-3-21(27-22-7-5-4-6-17(22)2)23(26)25-20-10-8-18(9-11-20)16-19-12-14-24-15-13-19/h4-15,21H,3,16H2,1-2H3,(H,25,26)/t21-/m1/s1. The van der Waals surface area contributed by atoms with E-state index in [2.05, 4.69) is 10.3 Å². The number of aryl methyl sites for hydroxylation is 1. The van der Waals surface area contributed by atoms with Crippen molar-refractivity contribution in [2.24, 2.45) is 0 Å². The highest BCUT2D eigenvalue weighted by molar-refractivity contribution is 5.94. The molecule has 2 aromatic carbocycles. The van der Waals surface area contributed by atoms with E-state index in [-0.39, 0.29) is 5.91 Å². The monoisotopic (exact) mass is 360 g/mol. The zero-order valence-corrected chi connectivity index (χ0v) is 15.7. The van der Waals surface area contributed by atoms with E-state index in [4.69, 9.17) is 4.74 Å². The lowest BCUT2D eigenvalue weighted by Crippen LogP contribution is -2.32. The summed E-state index contributed by atoms with van der Waals surface area (Å²) in [5, 5.41) is 2.95. The normalized spacial score (nSPS) is 11.6. The van der Waals surface area contributed by atoms with E-state index in [1.54, 1.807) is 12.4 Å². The van der Waals surface area contributed by atoms with Gasteiger partial charge in [-0.2, -0.15) is 0 Å². The van der Waals surface area contributed by atoms with Gasteiger partial charge in [0, 0.05) is 18.1 Å². The van der Waals surface area contributed by atoms with E-state index in [0.29, 0.717) is 6.42 Å². The van der Waals surface area contributed by atoms with Gasteiger partial charge in [-0.05, 0) is 66.8 Å². The molecule has 27 heavy (non-hydrogen) atoms. The summed E-state index contributed by atoms with van der Waals surface area (Å²) < 4.78 is 5.91. The zero-order chi connectivity index (χ0) is 19.1. The Morgan fingerprint density at radius 1 is 1.00 bits per heavy atom. The molecule has 0 aliphatic carbocycles. The third-order valence-electron chi connectivity index (χ3n) is 4.41. The van der Waals surface area contributed by atoms with Gasteiger partial charge < -0.3 is 10.1 Å². The van der Waals surface area contributed by atoms with Gasteiger partial charge in [0.15, 0.2) is 6.10 Å². The quantitative estimate of drug-likeness (QED) is 0.660. The first kappa shape index (κ1) is 18.6. The van der Waals surface area contributed by atoms with Crippen LogP contribution in [0.1, 0.15) is 30.0 Å². The number of amides is 1. The van der Waals surface area contributed by atoms with Crippen molar-refractivity contribution >= 4 is 11.6 Å². The van der Waals surface area contributed by atoms with Crippen molar-refractivity contribution in [1.29, 1.82) is 0 Å². The molecule has 1 aromatic heterocycles. The summed E-state index contributed by atoms with van der Waals surface area (Å²) in [5.74, 6) is 0.606. The van der Waals surface area contributed by atoms with Crippen LogP contribution in [0, 0.1) is 6.92 Å². The second kappa shape index (κ2) is 8.99. The van der Waals surface area contributed by atoms with E-state index in [1.165, 1.54) is 11.1 Å². The lowest BCUT2D eigenvalue weighted by atomic mass is 10.1. The van der Waals surface area contributed by atoms with Crippen LogP contribution in [-0.2, 0) is 11.2 Å². The van der Waals surface area contributed by atoms with Gasteiger partial charge in [-0.3, -0.25) is 9.78 Å². The molecule has 0 fully saturated rings. The maximum Gasteiger partial charge on any atom is 0.265 e. The second-order valence-electron chi connectivity index (χ2n) is 6.50. The molecule has 0 bridgehead atoms. The van der Waals surface area contributed by atoms with E-state index in [0.717, 1.165) is 23.4 Å². The molecule has 0 saturated heterocycles. The Balaban J connectivity index is 1.61. The fourth-order valence-corrected chi connectivity index (χ4v) is 2.83. The number of pyridine rings is 1. The Kier molecular flexibility index (Phi) is 6.21. The molecule has 0 unspecified atom stereocenters. The summed E-state index contributed by atoms with van der Waals surface area (Å²) in [6.07, 6.45) is 4.50. The molecule has 138 valence electrons. The molecule has 1 amide bonds. The van der Waals surface area contributed by atoms with E-state index in [9.17, 15) is 4.79 Å². The zero-order valence-electron chi connectivity index (χ0n) is 15.7. The number of anilines is 1. The summed E-state index contributed by atoms with van der Waals surface area (Å²) in [5.41, 5.74) is 4.18. The van der Waals surface area contributed by atoms with Crippen LogP contribution in [0.5, 0.6) is 5.75 Å². The van der Waals surface area contributed by atoms with Gasteiger partial charge in [-0.25, -0.2) is 0 Å². The number of nitrogens with zero attached hydrogens (tertiary/aromatic N) is 1. The van der Waals surface area contributed by atoms with Crippen LogP contribution in [0.4, 0.5) is 5.69 Å². The number of nitrogens with one attached hydrogen (secondary N) is 1. The van der Waals surface area contributed by atoms with Gasteiger partial charge >= 0.3 is 0 Å². The number of carbonyl (C=O) groups is 1. The van der Waals surface area contributed by atoms with E-state index in [1.807, 2.05) is 74.5 Å². The molecule has 0 spiro atoms. The van der Waals surface area contributed by atoms with Gasteiger partial charge in [0.05, 0.1) is 0 Å². The number of benzene rings is 2. The number of rotatable bonds is 7. The molecule has 3 aromatic rings. The Morgan fingerprint density at radius 2 is 1.67 bits per heavy atom. The predicted octanol–water partition coefficient (Wildman–Crippen LogP) is 4.78. The Bertz CT molecular complexity index is 876. The maximum absolute atomic E-state index is 12.6. The van der Waals surface area contributed by atoms with Crippen molar-refractivity contribution in [2.45, 2.75) is 32.8 Å². The molecule has 4 nitrogen and oxygen atoms in total. The number of aromatic nitrogens is 1. The third kappa shape index (κ3) is 5.17. The molecule has 0 radical (unpaired) electrons. The highest BCUT2D eigenvalue weighted by atomic mass is 16.5. The number of hydrogen-bond acceptors (Lipinski definition) is 3. The molecule has 1 atom stereocenters. The molecule has 1 N–H and O–H groups in total. The fourth-order valence-electron chi connectivity index (χ4n) is 2.83. The highest BCUT2D eigenvalue weighted by Gasteiger charge is 2.19. The fraction of sp³-hybridized carbons (Fsp3) is 0.217. The minimum Gasteiger partial charge on any atom is -0.480 e. The van der Waals surface area contributed by atoms with E-state index < -0.39 is 6.10 Å².